The van der Waals surface area contributed by atoms with Crippen LogP contribution in [0, 0.1) is 0 Å². The van der Waals surface area contributed by atoms with Crippen molar-refractivity contribution in [2.24, 2.45) is 10.7 Å². The smallest absolute Gasteiger partial charge is 0.193 e. The number of nitrogens with two attached hydrogens (primary N) is 1. The topological polar surface area (TPSA) is 59.6 Å². The third-order valence-corrected chi connectivity index (χ3v) is 3.79. The Bertz CT molecular complexity index is 665. The van der Waals surface area contributed by atoms with E-state index in [1.165, 1.54) is 5.56 Å². The predicted octanol–water partition coefficient (Wildman–Crippen LogP) is 3.76. The van der Waals surface area contributed by atoms with Crippen molar-refractivity contribution in [3.8, 4) is 5.75 Å². The molecular formula is C19H23N3O. The van der Waals surface area contributed by atoms with E-state index in [1.54, 1.807) is 0 Å². The molecule has 1 saturated carbocycles. The highest BCUT2D eigenvalue weighted by atomic mass is 16.5. The van der Waals surface area contributed by atoms with Gasteiger partial charge in [-0.05, 0) is 50.1 Å². The van der Waals surface area contributed by atoms with Crippen molar-refractivity contribution in [2.45, 2.75) is 38.3 Å². The molecule has 0 aromatic heterocycles. The van der Waals surface area contributed by atoms with Gasteiger partial charge in [0.1, 0.15) is 5.75 Å². The Balaban J connectivity index is 1.56. The van der Waals surface area contributed by atoms with Crippen molar-refractivity contribution >= 4 is 11.6 Å². The van der Waals surface area contributed by atoms with Crippen molar-refractivity contribution in [3.63, 3.8) is 0 Å². The molecule has 1 fully saturated rings. The molecular weight excluding hydrogens is 286 g/mol. The van der Waals surface area contributed by atoms with Crippen LogP contribution in [0.5, 0.6) is 5.75 Å². The second-order valence-corrected chi connectivity index (χ2v) is 6.15. The lowest BCUT2D eigenvalue weighted by molar-refractivity contribution is 0.242. The number of rotatable bonds is 5. The lowest BCUT2D eigenvalue weighted by Gasteiger charge is -2.11. The van der Waals surface area contributed by atoms with Gasteiger partial charge >= 0.3 is 0 Å². The van der Waals surface area contributed by atoms with Crippen molar-refractivity contribution < 1.29 is 4.74 Å². The van der Waals surface area contributed by atoms with Gasteiger partial charge in [0, 0.05) is 11.6 Å². The Hall–Kier alpha value is -2.49. The van der Waals surface area contributed by atoms with E-state index in [-0.39, 0.29) is 12.1 Å². The van der Waals surface area contributed by atoms with Crippen LogP contribution in [0.25, 0.3) is 0 Å². The molecule has 3 N–H and O–H groups in total. The van der Waals surface area contributed by atoms with Crippen LogP contribution in [0.3, 0.4) is 0 Å². The zero-order valence-corrected chi connectivity index (χ0v) is 13.6. The third-order valence-electron chi connectivity index (χ3n) is 3.79. The van der Waals surface area contributed by atoms with Crippen LogP contribution < -0.4 is 15.8 Å². The van der Waals surface area contributed by atoms with Crippen LogP contribution in [0.2, 0.25) is 0 Å². The monoisotopic (exact) mass is 309 g/mol. The normalized spacial score (nSPS) is 20.4. The number of ether oxygens (including phenoxy) is 1. The van der Waals surface area contributed by atoms with E-state index in [1.807, 2.05) is 44.2 Å². The lowest BCUT2D eigenvalue weighted by atomic mass is 10.1. The molecule has 0 spiro atoms. The van der Waals surface area contributed by atoms with Crippen molar-refractivity contribution in [2.75, 3.05) is 5.32 Å². The zero-order chi connectivity index (χ0) is 16.2. The molecule has 0 saturated heterocycles. The highest BCUT2D eigenvalue weighted by Gasteiger charge is 2.38. The number of hydrogen-bond donors (Lipinski definition) is 2. The van der Waals surface area contributed by atoms with Crippen LogP contribution in [0.4, 0.5) is 5.69 Å². The number of benzene rings is 2. The molecule has 0 radical (unpaired) electrons. The molecule has 2 aromatic carbocycles. The molecule has 0 aliphatic heterocycles. The highest BCUT2D eigenvalue weighted by Crippen LogP contribution is 2.43. The Morgan fingerprint density at radius 1 is 1.13 bits per heavy atom. The summed E-state index contributed by atoms with van der Waals surface area (Å²) in [5.74, 6) is 1.82. The summed E-state index contributed by atoms with van der Waals surface area (Å²) in [6.45, 7) is 4.02. The van der Waals surface area contributed by atoms with Crippen LogP contribution in [0.1, 0.15) is 31.7 Å². The van der Waals surface area contributed by atoms with E-state index in [4.69, 9.17) is 10.5 Å². The van der Waals surface area contributed by atoms with E-state index < -0.39 is 0 Å². The quantitative estimate of drug-likeness (QED) is 0.653. The van der Waals surface area contributed by atoms with E-state index >= 15 is 0 Å². The Morgan fingerprint density at radius 3 is 2.48 bits per heavy atom. The maximum Gasteiger partial charge on any atom is 0.193 e. The largest absolute Gasteiger partial charge is 0.491 e. The van der Waals surface area contributed by atoms with E-state index in [0.717, 1.165) is 17.9 Å². The number of anilines is 1. The number of guanidine groups is 1. The summed E-state index contributed by atoms with van der Waals surface area (Å²) in [5.41, 5.74) is 8.27. The Morgan fingerprint density at radius 2 is 1.83 bits per heavy atom. The summed E-state index contributed by atoms with van der Waals surface area (Å²) in [6.07, 6.45) is 1.23. The standard InChI is InChI=1S/C19H23N3O/c1-13(2)23-16-10-8-15(9-11-16)21-19(20)22-18-12-17(18)14-6-4-3-5-7-14/h3-11,13,17-18H,12H2,1-2H3,(H3,20,21,22). The first-order chi connectivity index (χ1) is 11.1. The average Bonchev–Trinajstić information content (AvgIpc) is 3.28. The zero-order valence-electron chi connectivity index (χ0n) is 13.6. The molecule has 3 rings (SSSR count). The minimum absolute atomic E-state index is 0.172. The van der Waals surface area contributed by atoms with Crippen molar-refractivity contribution in [1.82, 2.24) is 0 Å². The second kappa shape index (κ2) is 6.73. The first-order valence-electron chi connectivity index (χ1n) is 8.04. The molecule has 120 valence electrons. The minimum atomic E-state index is 0.172. The van der Waals surface area contributed by atoms with Gasteiger partial charge in [0.2, 0.25) is 0 Å². The molecule has 1 aliphatic rings. The maximum atomic E-state index is 6.01. The summed E-state index contributed by atoms with van der Waals surface area (Å²) < 4.78 is 5.62. The van der Waals surface area contributed by atoms with E-state index in [9.17, 15) is 0 Å². The number of nitrogens with zero attached hydrogens (tertiary/aromatic N) is 1. The minimum Gasteiger partial charge on any atom is -0.491 e. The fourth-order valence-corrected chi connectivity index (χ4v) is 2.63. The number of hydrogen-bond acceptors (Lipinski definition) is 2. The Labute approximate surface area is 137 Å². The molecule has 0 amide bonds. The molecule has 2 unspecified atom stereocenters. The highest BCUT2D eigenvalue weighted by molar-refractivity contribution is 5.92. The van der Waals surface area contributed by atoms with Gasteiger partial charge in [-0.3, -0.25) is 0 Å². The molecule has 23 heavy (non-hydrogen) atoms. The van der Waals surface area contributed by atoms with Gasteiger partial charge in [-0.1, -0.05) is 30.3 Å². The van der Waals surface area contributed by atoms with Gasteiger partial charge in [-0.25, -0.2) is 4.99 Å². The summed E-state index contributed by atoms with van der Waals surface area (Å²) >= 11 is 0. The first kappa shape index (κ1) is 15.4. The van der Waals surface area contributed by atoms with E-state index in [0.29, 0.717) is 11.9 Å². The Kier molecular flexibility index (Phi) is 4.51. The number of nitrogens with one attached hydrogen (secondary N) is 1. The molecule has 1 aliphatic carbocycles. The average molecular weight is 309 g/mol. The molecule has 2 aromatic rings. The summed E-state index contributed by atoms with van der Waals surface area (Å²) in [5, 5.41) is 3.14. The van der Waals surface area contributed by atoms with Crippen molar-refractivity contribution in [3.05, 3.63) is 60.2 Å². The maximum absolute atomic E-state index is 6.01. The number of aliphatic imine (C=N–C) groups is 1. The van der Waals surface area contributed by atoms with Gasteiger partial charge in [0.05, 0.1) is 12.1 Å². The lowest BCUT2D eigenvalue weighted by Crippen LogP contribution is -2.23. The molecule has 0 bridgehead atoms. The van der Waals surface area contributed by atoms with Gasteiger partial charge < -0.3 is 15.8 Å². The summed E-state index contributed by atoms with van der Waals surface area (Å²) in [4.78, 5) is 4.56. The second-order valence-electron chi connectivity index (χ2n) is 6.15. The van der Waals surface area contributed by atoms with Crippen LogP contribution in [-0.2, 0) is 0 Å². The fourth-order valence-electron chi connectivity index (χ4n) is 2.63. The first-order valence-corrected chi connectivity index (χ1v) is 8.04. The molecule has 2 atom stereocenters. The molecule has 4 heteroatoms. The predicted molar refractivity (Wildman–Crippen MR) is 95.0 cm³/mol. The van der Waals surface area contributed by atoms with E-state index in [2.05, 4.69) is 34.6 Å². The van der Waals surface area contributed by atoms with Gasteiger partial charge in [0.25, 0.3) is 0 Å². The molecule has 4 nitrogen and oxygen atoms in total. The van der Waals surface area contributed by atoms with Crippen LogP contribution >= 0.6 is 0 Å². The third kappa shape index (κ3) is 4.25. The fraction of sp³-hybridized carbons (Fsp3) is 0.316. The summed E-state index contributed by atoms with van der Waals surface area (Å²) in [6, 6.07) is 18.5. The SMILES string of the molecule is CC(C)Oc1ccc(NC(N)=NC2CC2c2ccccc2)cc1. The molecule has 0 heterocycles. The summed E-state index contributed by atoms with van der Waals surface area (Å²) in [7, 11) is 0. The van der Waals surface area contributed by atoms with Crippen molar-refractivity contribution in [1.29, 1.82) is 0 Å². The van der Waals surface area contributed by atoms with Gasteiger partial charge in [0.15, 0.2) is 5.96 Å². The van der Waals surface area contributed by atoms with Crippen LogP contribution in [0.15, 0.2) is 59.6 Å². The van der Waals surface area contributed by atoms with Crippen LogP contribution in [-0.4, -0.2) is 18.1 Å². The van der Waals surface area contributed by atoms with Gasteiger partial charge in [-0.15, -0.1) is 0 Å². The van der Waals surface area contributed by atoms with Gasteiger partial charge in [-0.2, -0.15) is 0 Å².